The van der Waals surface area contributed by atoms with E-state index in [9.17, 15) is 4.79 Å². The van der Waals surface area contributed by atoms with Crippen LogP contribution in [0.2, 0.25) is 0 Å². The molecule has 0 aliphatic carbocycles. The molecule has 19 heavy (non-hydrogen) atoms. The summed E-state index contributed by atoms with van der Waals surface area (Å²) in [6.45, 7) is 2.57. The lowest BCUT2D eigenvalue weighted by Gasteiger charge is -2.31. The van der Waals surface area contributed by atoms with Gasteiger partial charge in [-0.1, -0.05) is 0 Å². The highest BCUT2D eigenvalue weighted by Crippen LogP contribution is 2.41. The van der Waals surface area contributed by atoms with Crippen LogP contribution in [0.25, 0.3) is 0 Å². The van der Waals surface area contributed by atoms with Crippen molar-refractivity contribution in [3.05, 3.63) is 23.9 Å². The number of piperidine rings is 1. The van der Waals surface area contributed by atoms with Gasteiger partial charge in [-0.25, -0.2) is 4.98 Å². The second-order valence-corrected chi connectivity index (χ2v) is 5.25. The zero-order valence-electron chi connectivity index (χ0n) is 10.7. The molecule has 2 aliphatic rings. The van der Waals surface area contributed by atoms with Crippen LogP contribution < -0.4 is 10.2 Å². The summed E-state index contributed by atoms with van der Waals surface area (Å²) in [4.78, 5) is 18.6. The van der Waals surface area contributed by atoms with Crippen LogP contribution in [-0.4, -0.2) is 30.5 Å². The van der Waals surface area contributed by atoms with Crippen LogP contribution in [0.15, 0.2) is 18.3 Å². The van der Waals surface area contributed by atoms with E-state index in [4.69, 9.17) is 5.26 Å². The molecule has 2 saturated heterocycles. The number of nitrogens with zero attached hydrogens (tertiary/aromatic N) is 3. The minimum Gasteiger partial charge on any atom is -0.317 e. The van der Waals surface area contributed by atoms with Gasteiger partial charge in [-0.15, -0.1) is 0 Å². The summed E-state index contributed by atoms with van der Waals surface area (Å²) in [5, 5.41) is 12.1. The molecule has 5 heteroatoms. The van der Waals surface area contributed by atoms with Crippen LogP contribution in [0.3, 0.4) is 0 Å². The molecule has 1 spiro atoms. The van der Waals surface area contributed by atoms with Crippen LogP contribution >= 0.6 is 0 Å². The topological polar surface area (TPSA) is 69.0 Å². The van der Waals surface area contributed by atoms with Crippen molar-refractivity contribution in [1.29, 1.82) is 5.26 Å². The maximum Gasteiger partial charge on any atom is 0.234 e. The fourth-order valence-electron chi connectivity index (χ4n) is 3.02. The lowest BCUT2D eigenvalue weighted by atomic mass is 9.78. The van der Waals surface area contributed by atoms with Crippen LogP contribution in [0.4, 0.5) is 5.82 Å². The van der Waals surface area contributed by atoms with Crippen molar-refractivity contribution >= 4 is 11.7 Å². The Bertz CT molecular complexity index is 525. The summed E-state index contributed by atoms with van der Waals surface area (Å²) in [6, 6.07) is 5.51. The third kappa shape index (κ3) is 1.98. The molecule has 3 heterocycles. The minimum atomic E-state index is -0.180. The molecule has 0 radical (unpaired) electrons. The fourth-order valence-corrected chi connectivity index (χ4v) is 3.02. The monoisotopic (exact) mass is 256 g/mol. The number of rotatable bonds is 1. The van der Waals surface area contributed by atoms with E-state index >= 15 is 0 Å². The lowest BCUT2D eigenvalue weighted by Crippen LogP contribution is -2.42. The Kier molecular flexibility index (Phi) is 2.96. The van der Waals surface area contributed by atoms with E-state index in [0.717, 1.165) is 38.9 Å². The van der Waals surface area contributed by atoms with Gasteiger partial charge in [0.15, 0.2) is 0 Å². The summed E-state index contributed by atoms with van der Waals surface area (Å²) in [6.07, 6.45) is 4.27. The number of pyridine rings is 1. The molecule has 1 amide bonds. The number of hydrogen-bond acceptors (Lipinski definition) is 4. The molecule has 3 rings (SSSR count). The number of anilines is 1. The average Bonchev–Trinajstić information content (AvgIpc) is 2.77. The maximum absolute atomic E-state index is 12.6. The van der Waals surface area contributed by atoms with Crippen LogP contribution in [0, 0.1) is 16.7 Å². The Morgan fingerprint density at radius 3 is 2.74 bits per heavy atom. The van der Waals surface area contributed by atoms with E-state index in [0.29, 0.717) is 11.4 Å². The van der Waals surface area contributed by atoms with Gasteiger partial charge in [0.25, 0.3) is 0 Å². The molecule has 0 saturated carbocycles. The molecular weight excluding hydrogens is 240 g/mol. The first-order valence-electron chi connectivity index (χ1n) is 6.64. The highest BCUT2D eigenvalue weighted by molar-refractivity contribution is 5.99. The van der Waals surface area contributed by atoms with Crippen molar-refractivity contribution in [3.8, 4) is 6.07 Å². The van der Waals surface area contributed by atoms with Gasteiger partial charge >= 0.3 is 0 Å². The molecule has 0 bridgehead atoms. The predicted octanol–water partition coefficient (Wildman–Crippen LogP) is 1.06. The van der Waals surface area contributed by atoms with Crippen molar-refractivity contribution in [1.82, 2.24) is 10.3 Å². The first-order valence-corrected chi connectivity index (χ1v) is 6.64. The number of amides is 1. The van der Waals surface area contributed by atoms with Crippen molar-refractivity contribution in [2.24, 2.45) is 5.41 Å². The lowest BCUT2D eigenvalue weighted by molar-refractivity contribution is -0.126. The largest absolute Gasteiger partial charge is 0.317 e. The molecule has 0 unspecified atom stereocenters. The SMILES string of the molecule is N#Cc1ccc(N2CCC3(CCNCC3)C2=O)nc1. The molecule has 1 N–H and O–H groups in total. The van der Waals surface area contributed by atoms with Gasteiger partial charge in [0.05, 0.1) is 11.0 Å². The second kappa shape index (κ2) is 4.63. The van der Waals surface area contributed by atoms with Gasteiger partial charge in [0.2, 0.25) is 5.91 Å². The number of hydrogen-bond donors (Lipinski definition) is 1. The number of nitrogens with one attached hydrogen (secondary N) is 1. The Labute approximate surface area is 112 Å². The molecule has 98 valence electrons. The van der Waals surface area contributed by atoms with Crippen molar-refractivity contribution in [2.45, 2.75) is 19.3 Å². The summed E-state index contributed by atoms with van der Waals surface area (Å²) in [5.41, 5.74) is 0.341. The Balaban J connectivity index is 1.83. The first kappa shape index (κ1) is 12.1. The highest BCUT2D eigenvalue weighted by atomic mass is 16.2. The quantitative estimate of drug-likeness (QED) is 0.815. The number of carbonyl (C=O) groups excluding carboxylic acids is 1. The number of aromatic nitrogens is 1. The number of carbonyl (C=O) groups is 1. The summed E-state index contributed by atoms with van der Waals surface area (Å²) >= 11 is 0. The van der Waals surface area contributed by atoms with Crippen LogP contribution in [0.5, 0.6) is 0 Å². The van der Waals surface area contributed by atoms with Gasteiger partial charge < -0.3 is 5.32 Å². The molecule has 2 fully saturated rings. The molecule has 2 aliphatic heterocycles. The maximum atomic E-state index is 12.6. The predicted molar refractivity (Wildman–Crippen MR) is 70.5 cm³/mol. The molecule has 1 aromatic rings. The van der Waals surface area contributed by atoms with Crippen molar-refractivity contribution in [3.63, 3.8) is 0 Å². The van der Waals surface area contributed by atoms with Crippen molar-refractivity contribution < 1.29 is 4.79 Å². The third-order valence-electron chi connectivity index (χ3n) is 4.23. The van der Waals surface area contributed by atoms with Crippen LogP contribution in [-0.2, 0) is 4.79 Å². The standard InChI is InChI=1S/C14H16N4O/c15-9-11-1-2-12(17-10-11)18-8-5-14(13(18)19)3-6-16-7-4-14/h1-2,10,16H,3-8H2. The van der Waals surface area contributed by atoms with Crippen LogP contribution in [0.1, 0.15) is 24.8 Å². The van der Waals surface area contributed by atoms with E-state index < -0.39 is 0 Å². The smallest absolute Gasteiger partial charge is 0.234 e. The van der Waals surface area contributed by atoms with Gasteiger partial charge in [0, 0.05) is 12.7 Å². The van der Waals surface area contributed by atoms with Gasteiger partial charge in [-0.05, 0) is 44.5 Å². The molecule has 0 aromatic carbocycles. The zero-order chi connectivity index (χ0) is 13.3. The fraction of sp³-hybridized carbons (Fsp3) is 0.500. The number of nitriles is 1. The summed E-state index contributed by atoms with van der Waals surface area (Å²) in [7, 11) is 0. The third-order valence-corrected chi connectivity index (χ3v) is 4.23. The first-order chi connectivity index (χ1) is 9.25. The second-order valence-electron chi connectivity index (χ2n) is 5.25. The van der Waals surface area contributed by atoms with Gasteiger partial charge in [-0.2, -0.15) is 5.26 Å². The average molecular weight is 256 g/mol. The summed E-state index contributed by atoms with van der Waals surface area (Å²) < 4.78 is 0. The van der Waals surface area contributed by atoms with Crippen molar-refractivity contribution in [2.75, 3.05) is 24.5 Å². The van der Waals surface area contributed by atoms with Gasteiger partial charge in [0.1, 0.15) is 11.9 Å². The molecule has 0 atom stereocenters. The van der Waals surface area contributed by atoms with E-state index in [2.05, 4.69) is 10.3 Å². The van der Waals surface area contributed by atoms with E-state index in [1.54, 1.807) is 17.0 Å². The Morgan fingerprint density at radius 1 is 1.32 bits per heavy atom. The van der Waals surface area contributed by atoms with Gasteiger partial charge in [-0.3, -0.25) is 9.69 Å². The summed E-state index contributed by atoms with van der Waals surface area (Å²) in [5.74, 6) is 0.866. The molecule has 5 nitrogen and oxygen atoms in total. The normalized spacial score (nSPS) is 21.6. The molecule has 1 aromatic heterocycles. The Morgan fingerprint density at radius 2 is 2.11 bits per heavy atom. The molecular formula is C14H16N4O. The minimum absolute atomic E-state index is 0.180. The van der Waals surface area contributed by atoms with E-state index in [1.165, 1.54) is 6.20 Å². The zero-order valence-corrected chi connectivity index (χ0v) is 10.7. The van der Waals surface area contributed by atoms with E-state index in [1.807, 2.05) is 6.07 Å². The highest BCUT2D eigenvalue weighted by Gasteiger charge is 2.47. The Hall–Kier alpha value is -1.93. The van der Waals surface area contributed by atoms with E-state index in [-0.39, 0.29) is 11.3 Å².